The number of methoxy groups -OCH3 is 1. The Morgan fingerprint density at radius 3 is 2.94 bits per heavy atom. The maximum Gasteiger partial charge on any atom is 0.229 e. The second-order valence-electron chi connectivity index (χ2n) is 7.95. The second kappa shape index (κ2) is 8.18. The molecule has 1 aliphatic rings. The van der Waals surface area contributed by atoms with Gasteiger partial charge in [0.2, 0.25) is 5.91 Å². The molecule has 4 aromatic rings. The van der Waals surface area contributed by atoms with Gasteiger partial charge in [0.15, 0.2) is 5.82 Å². The summed E-state index contributed by atoms with van der Waals surface area (Å²) in [4.78, 5) is 21.0. The number of rotatable bonds is 6. The third kappa shape index (κ3) is 3.99. The van der Waals surface area contributed by atoms with Crippen LogP contribution in [-0.4, -0.2) is 33.2 Å². The number of nitrogens with zero attached hydrogens (tertiary/aromatic N) is 3. The van der Waals surface area contributed by atoms with Gasteiger partial charge in [0.25, 0.3) is 0 Å². The van der Waals surface area contributed by atoms with Crippen molar-refractivity contribution in [2.24, 2.45) is 0 Å². The van der Waals surface area contributed by atoms with Crippen molar-refractivity contribution >= 4 is 22.6 Å². The summed E-state index contributed by atoms with van der Waals surface area (Å²) in [5, 5.41) is 11.3. The van der Waals surface area contributed by atoms with Crippen molar-refractivity contribution < 1.29 is 9.53 Å². The predicted octanol–water partition coefficient (Wildman–Crippen LogP) is 4.20. The molecule has 2 N–H and O–H groups in total. The molecule has 1 aliphatic carbocycles. The smallest absolute Gasteiger partial charge is 0.229 e. The van der Waals surface area contributed by atoms with E-state index in [4.69, 9.17) is 4.74 Å². The first-order valence-corrected chi connectivity index (χ1v) is 10.4. The van der Waals surface area contributed by atoms with Crippen LogP contribution in [0, 0.1) is 0 Å². The normalized spacial score (nSPS) is 17.8. The molecule has 31 heavy (non-hydrogen) atoms. The van der Waals surface area contributed by atoms with Crippen LogP contribution in [0.1, 0.15) is 41.5 Å². The van der Waals surface area contributed by atoms with Crippen molar-refractivity contribution in [3.63, 3.8) is 0 Å². The number of carbonyl (C=O) groups excluding carboxylic acids is 1. The van der Waals surface area contributed by atoms with Crippen molar-refractivity contribution in [1.82, 2.24) is 20.2 Å². The number of H-pyrrole nitrogens is 1. The molecule has 1 fully saturated rings. The number of benzene rings is 1. The van der Waals surface area contributed by atoms with Crippen molar-refractivity contribution in [3.05, 3.63) is 77.9 Å². The zero-order chi connectivity index (χ0) is 21.2. The highest BCUT2D eigenvalue weighted by Crippen LogP contribution is 2.49. The second-order valence-corrected chi connectivity index (χ2v) is 7.95. The molecule has 0 aliphatic heterocycles. The number of carbonyl (C=O) groups is 1. The molecule has 5 rings (SSSR count). The van der Waals surface area contributed by atoms with Crippen molar-refractivity contribution in [2.45, 2.75) is 31.1 Å². The molecule has 1 amide bonds. The summed E-state index contributed by atoms with van der Waals surface area (Å²) >= 11 is 0. The van der Waals surface area contributed by atoms with E-state index < -0.39 is 0 Å². The van der Waals surface area contributed by atoms with Gasteiger partial charge in [-0.25, -0.2) is 0 Å². The molecule has 0 atom stereocenters. The molecule has 7 nitrogen and oxygen atoms in total. The van der Waals surface area contributed by atoms with Gasteiger partial charge in [0.1, 0.15) is 5.75 Å². The molecular formula is C24H23N5O2. The summed E-state index contributed by atoms with van der Waals surface area (Å²) in [5.41, 5.74) is 4.07. The van der Waals surface area contributed by atoms with Crippen LogP contribution in [0.3, 0.4) is 0 Å². The summed E-state index contributed by atoms with van der Waals surface area (Å²) in [6.45, 7) is 0. The molecule has 0 spiro atoms. The predicted molar refractivity (Wildman–Crippen MR) is 118 cm³/mol. The monoisotopic (exact) mass is 413 g/mol. The largest absolute Gasteiger partial charge is 0.496 e. The van der Waals surface area contributed by atoms with E-state index >= 15 is 0 Å². The highest BCUT2D eigenvalue weighted by molar-refractivity contribution is 5.92. The third-order valence-corrected chi connectivity index (χ3v) is 5.95. The Hall–Kier alpha value is -3.74. The number of aromatic amines is 1. The van der Waals surface area contributed by atoms with Crippen LogP contribution in [0.4, 0.5) is 5.82 Å². The Balaban J connectivity index is 1.19. The molecule has 1 aromatic carbocycles. The zero-order valence-electron chi connectivity index (χ0n) is 17.2. The fourth-order valence-electron chi connectivity index (χ4n) is 4.23. The van der Waals surface area contributed by atoms with Crippen molar-refractivity contribution in [1.29, 1.82) is 0 Å². The van der Waals surface area contributed by atoms with Gasteiger partial charge in [-0.15, -0.1) is 0 Å². The number of hydrogen-bond acceptors (Lipinski definition) is 5. The van der Waals surface area contributed by atoms with E-state index in [2.05, 4.69) is 25.5 Å². The Morgan fingerprint density at radius 1 is 1.16 bits per heavy atom. The standard InChI is InChI=1S/C24H23N5O2/c1-31-22-6-8-25-14-19(22)17-11-18(12-17)21-13-23(29-28-21)27-24(30)10-15-4-5-20-16(9-15)3-2-7-26-20/h2-9,13-14,17-18H,10-12H2,1H3,(H2,27,28,29,30). The Bertz CT molecular complexity index is 1230. The minimum absolute atomic E-state index is 0.0899. The van der Waals surface area contributed by atoms with Crippen LogP contribution in [-0.2, 0) is 11.2 Å². The van der Waals surface area contributed by atoms with E-state index in [1.165, 1.54) is 0 Å². The lowest BCUT2D eigenvalue weighted by atomic mass is 9.70. The number of hydrogen-bond donors (Lipinski definition) is 2. The first kappa shape index (κ1) is 19.2. The molecular weight excluding hydrogens is 390 g/mol. The van der Waals surface area contributed by atoms with Gasteiger partial charge < -0.3 is 10.1 Å². The van der Waals surface area contributed by atoms with Gasteiger partial charge in [-0.1, -0.05) is 12.1 Å². The lowest BCUT2D eigenvalue weighted by molar-refractivity contribution is -0.115. The highest BCUT2D eigenvalue weighted by atomic mass is 16.5. The SMILES string of the molecule is COc1ccncc1C1CC(c2cc(NC(=O)Cc3ccc4ncccc4c3)n[nH]2)C1. The van der Waals surface area contributed by atoms with Crippen molar-refractivity contribution in [2.75, 3.05) is 12.4 Å². The number of fused-ring (bicyclic) bond motifs is 1. The fraction of sp³-hybridized carbons (Fsp3) is 0.250. The molecule has 0 unspecified atom stereocenters. The van der Waals surface area contributed by atoms with Gasteiger partial charge >= 0.3 is 0 Å². The van der Waals surface area contributed by atoms with Crippen LogP contribution < -0.4 is 10.1 Å². The minimum Gasteiger partial charge on any atom is -0.496 e. The minimum atomic E-state index is -0.0899. The van der Waals surface area contributed by atoms with Gasteiger partial charge in [-0.3, -0.25) is 19.9 Å². The molecule has 0 bridgehead atoms. The van der Waals surface area contributed by atoms with Gasteiger partial charge in [0, 0.05) is 47.2 Å². The van der Waals surface area contributed by atoms with E-state index in [9.17, 15) is 4.79 Å². The van der Waals surface area contributed by atoms with E-state index in [1.807, 2.05) is 48.7 Å². The van der Waals surface area contributed by atoms with Crippen LogP contribution in [0.2, 0.25) is 0 Å². The number of aromatic nitrogens is 4. The summed E-state index contributed by atoms with van der Waals surface area (Å²) in [5.74, 6) is 2.18. The summed E-state index contributed by atoms with van der Waals surface area (Å²) in [6, 6.07) is 13.6. The number of anilines is 1. The topological polar surface area (TPSA) is 92.8 Å². The van der Waals surface area contributed by atoms with E-state index in [0.717, 1.165) is 46.3 Å². The van der Waals surface area contributed by atoms with Gasteiger partial charge in [-0.2, -0.15) is 5.10 Å². The maximum atomic E-state index is 12.5. The Labute approximate surface area is 179 Å². The number of amides is 1. The molecule has 0 radical (unpaired) electrons. The number of pyridine rings is 2. The summed E-state index contributed by atoms with van der Waals surface area (Å²) < 4.78 is 5.45. The van der Waals surface area contributed by atoms with Gasteiger partial charge in [-0.05, 0) is 48.6 Å². The quantitative estimate of drug-likeness (QED) is 0.494. The van der Waals surface area contributed by atoms with Crippen LogP contribution in [0.5, 0.6) is 5.75 Å². The molecule has 7 heteroatoms. The lowest BCUT2D eigenvalue weighted by Crippen LogP contribution is -2.21. The lowest BCUT2D eigenvalue weighted by Gasteiger charge is -2.35. The van der Waals surface area contributed by atoms with Crippen molar-refractivity contribution in [3.8, 4) is 5.75 Å². The molecule has 0 saturated heterocycles. The Kier molecular flexibility index (Phi) is 5.08. The van der Waals surface area contributed by atoms with E-state index in [0.29, 0.717) is 24.1 Å². The molecule has 3 heterocycles. The van der Waals surface area contributed by atoms with Crippen LogP contribution in [0.15, 0.2) is 61.1 Å². The van der Waals surface area contributed by atoms with Crippen LogP contribution in [0.25, 0.3) is 10.9 Å². The molecule has 3 aromatic heterocycles. The highest BCUT2D eigenvalue weighted by Gasteiger charge is 2.34. The zero-order valence-corrected chi connectivity index (χ0v) is 17.2. The first-order chi connectivity index (χ1) is 15.2. The fourth-order valence-corrected chi connectivity index (χ4v) is 4.23. The third-order valence-electron chi connectivity index (χ3n) is 5.95. The van der Waals surface area contributed by atoms with Gasteiger partial charge in [0.05, 0.1) is 19.0 Å². The molecule has 1 saturated carbocycles. The maximum absolute atomic E-state index is 12.5. The summed E-state index contributed by atoms with van der Waals surface area (Å²) in [7, 11) is 1.69. The summed E-state index contributed by atoms with van der Waals surface area (Å²) in [6.07, 6.45) is 7.70. The first-order valence-electron chi connectivity index (χ1n) is 10.4. The average molecular weight is 413 g/mol. The number of ether oxygens (including phenoxy) is 1. The van der Waals surface area contributed by atoms with E-state index in [-0.39, 0.29) is 5.91 Å². The Morgan fingerprint density at radius 2 is 2.06 bits per heavy atom. The van der Waals surface area contributed by atoms with E-state index in [1.54, 1.807) is 19.5 Å². The molecule has 156 valence electrons. The van der Waals surface area contributed by atoms with Crippen LogP contribution >= 0.6 is 0 Å². The number of nitrogens with one attached hydrogen (secondary N) is 2. The average Bonchev–Trinajstić information content (AvgIpc) is 3.20.